The van der Waals surface area contributed by atoms with E-state index in [1.165, 1.54) is 11.8 Å². The summed E-state index contributed by atoms with van der Waals surface area (Å²) in [5.41, 5.74) is 4.21. The molecule has 0 aliphatic carbocycles. The Balaban J connectivity index is 1.39. The van der Waals surface area contributed by atoms with Gasteiger partial charge in [-0.25, -0.2) is 9.97 Å². The summed E-state index contributed by atoms with van der Waals surface area (Å²) in [7, 11) is 0. The predicted octanol–water partition coefficient (Wildman–Crippen LogP) is 4.36. The fraction of sp³-hybridized carbons (Fsp3) is 0.130. The van der Waals surface area contributed by atoms with Crippen LogP contribution in [0.3, 0.4) is 0 Å². The van der Waals surface area contributed by atoms with Gasteiger partial charge in [-0.15, -0.1) is 0 Å². The summed E-state index contributed by atoms with van der Waals surface area (Å²) in [6.45, 7) is 0.694. The monoisotopic (exact) mass is 381 g/mol. The van der Waals surface area contributed by atoms with Crippen LogP contribution < -0.4 is 10.2 Å². The van der Waals surface area contributed by atoms with Gasteiger partial charge in [-0.1, -0.05) is 36.4 Å². The van der Waals surface area contributed by atoms with E-state index < -0.39 is 0 Å². The minimum atomic E-state index is -0.122. The molecule has 6 heteroatoms. The molecule has 1 N–H and O–H groups in total. The number of pyridine rings is 1. The first kappa shape index (κ1) is 17.3. The number of nitrogens with one attached hydrogen (secondary N) is 1. The molecule has 0 saturated heterocycles. The standard InChI is InChI=1S/C23H19N5O/c29-23(28-13-5-9-16-6-1-2-11-20(16)28)19-14-26-21(15-25-19)27-18-10-3-7-17-8-4-12-24-22(17)18/h1-4,6-8,10-12,14-15H,5,9,13H2,(H,26,27). The molecular formula is C23H19N5O. The van der Waals surface area contributed by atoms with Crippen molar-refractivity contribution in [2.45, 2.75) is 12.8 Å². The third kappa shape index (κ3) is 3.29. The molecule has 0 radical (unpaired) electrons. The van der Waals surface area contributed by atoms with Gasteiger partial charge >= 0.3 is 0 Å². The van der Waals surface area contributed by atoms with Crippen LogP contribution in [0.1, 0.15) is 22.5 Å². The van der Waals surface area contributed by atoms with Crippen molar-refractivity contribution < 1.29 is 4.79 Å². The summed E-state index contributed by atoms with van der Waals surface area (Å²) in [6.07, 6.45) is 6.82. The number of rotatable bonds is 3. The van der Waals surface area contributed by atoms with Crippen LogP contribution >= 0.6 is 0 Å². The number of aromatic nitrogens is 3. The van der Waals surface area contributed by atoms with Crippen molar-refractivity contribution in [1.82, 2.24) is 15.0 Å². The third-order valence-electron chi connectivity index (χ3n) is 5.12. The maximum absolute atomic E-state index is 13.0. The van der Waals surface area contributed by atoms with Crippen LogP contribution in [0, 0.1) is 0 Å². The molecule has 1 amide bonds. The lowest BCUT2D eigenvalue weighted by Gasteiger charge is -2.29. The van der Waals surface area contributed by atoms with Crippen molar-refractivity contribution in [1.29, 1.82) is 0 Å². The smallest absolute Gasteiger partial charge is 0.278 e. The van der Waals surface area contributed by atoms with Gasteiger partial charge in [0.25, 0.3) is 5.91 Å². The highest BCUT2D eigenvalue weighted by Gasteiger charge is 2.24. The molecule has 0 atom stereocenters. The summed E-state index contributed by atoms with van der Waals surface area (Å²) in [5, 5.41) is 4.29. The minimum Gasteiger partial charge on any atom is -0.337 e. The average Bonchev–Trinajstić information content (AvgIpc) is 2.79. The first-order valence-corrected chi connectivity index (χ1v) is 9.62. The Labute approximate surface area is 168 Å². The van der Waals surface area contributed by atoms with Crippen molar-refractivity contribution in [2.75, 3.05) is 16.8 Å². The topological polar surface area (TPSA) is 71.0 Å². The molecule has 0 fully saturated rings. The number of benzene rings is 2. The maximum atomic E-state index is 13.0. The minimum absolute atomic E-state index is 0.122. The van der Waals surface area contributed by atoms with Gasteiger partial charge in [0, 0.05) is 23.8 Å². The van der Waals surface area contributed by atoms with E-state index in [0.29, 0.717) is 18.1 Å². The summed E-state index contributed by atoms with van der Waals surface area (Å²) in [6, 6.07) is 17.9. The number of nitrogens with zero attached hydrogens (tertiary/aromatic N) is 4. The summed E-state index contributed by atoms with van der Waals surface area (Å²) in [5.74, 6) is 0.446. The highest BCUT2D eigenvalue weighted by molar-refractivity contribution is 6.05. The first-order chi connectivity index (χ1) is 14.3. The van der Waals surface area contributed by atoms with Crippen molar-refractivity contribution in [3.05, 3.63) is 84.4 Å². The van der Waals surface area contributed by atoms with Gasteiger partial charge in [-0.05, 0) is 36.6 Å². The van der Waals surface area contributed by atoms with E-state index in [1.807, 2.05) is 48.5 Å². The van der Waals surface area contributed by atoms with Gasteiger partial charge in [0.05, 0.1) is 23.6 Å². The Hall–Kier alpha value is -3.80. The molecule has 0 unspecified atom stereocenters. The maximum Gasteiger partial charge on any atom is 0.278 e. The zero-order chi connectivity index (χ0) is 19.6. The SMILES string of the molecule is O=C(c1cnc(Nc2cccc3cccnc23)cn1)N1CCCc2ccccc21. The van der Waals surface area contributed by atoms with Crippen molar-refractivity contribution in [3.63, 3.8) is 0 Å². The van der Waals surface area contributed by atoms with Crippen molar-refractivity contribution in [2.24, 2.45) is 0 Å². The molecular weight excluding hydrogens is 362 g/mol. The molecule has 3 heterocycles. The summed E-state index contributed by atoms with van der Waals surface area (Å²) in [4.78, 5) is 28.0. The van der Waals surface area contributed by atoms with Crippen LogP contribution in [-0.4, -0.2) is 27.4 Å². The molecule has 4 aromatic rings. The highest BCUT2D eigenvalue weighted by Crippen LogP contribution is 2.28. The molecule has 142 valence electrons. The lowest BCUT2D eigenvalue weighted by molar-refractivity contribution is 0.0980. The Morgan fingerprint density at radius 3 is 2.72 bits per heavy atom. The number of amides is 1. The number of fused-ring (bicyclic) bond motifs is 2. The molecule has 1 aliphatic rings. The van der Waals surface area contributed by atoms with Crippen LogP contribution in [0.25, 0.3) is 10.9 Å². The molecule has 0 saturated carbocycles. The van der Waals surface area contributed by atoms with Gasteiger partial charge in [-0.3, -0.25) is 9.78 Å². The zero-order valence-electron chi connectivity index (χ0n) is 15.7. The van der Waals surface area contributed by atoms with Crippen LogP contribution in [-0.2, 0) is 6.42 Å². The van der Waals surface area contributed by atoms with Gasteiger partial charge in [-0.2, -0.15) is 0 Å². The van der Waals surface area contributed by atoms with E-state index in [9.17, 15) is 4.79 Å². The number of hydrogen-bond acceptors (Lipinski definition) is 5. The lowest BCUT2D eigenvalue weighted by Crippen LogP contribution is -2.36. The largest absolute Gasteiger partial charge is 0.337 e. The number of aryl methyl sites for hydroxylation is 1. The Morgan fingerprint density at radius 1 is 0.931 bits per heavy atom. The van der Waals surface area contributed by atoms with Crippen LogP contribution in [0.15, 0.2) is 73.2 Å². The molecule has 1 aliphatic heterocycles. The average molecular weight is 381 g/mol. The molecule has 0 spiro atoms. The quantitative estimate of drug-likeness (QED) is 0.571. The molecule has 29 heavy (non-hydrogen) atoms. The Kier molecular flexibility index (Phi) is 4.37. The molecule has 5 rings (SSSR count). The number of carbonyl (C=O) groups is 1. The fourth-order valence-corrected chi connectivity index (χ4v) is 3.73. The number of hydrogen-bond donors (Lipinski definition) is 1. The van der Waals surface area contributed by atoms with E-state index in [0.717, 1.165) is 35.1 Å². The van der Waals surface area contributed by atoms with E-state index in [-0.39, 0.29) is 5.91 Å². The van der Waals surface area contributed by atoms with Crippen LogP contribution in [0.4, 0.5) is 17.2 Å². The Bertz CT molecular complexity index is 1180. The van der Waals surface area contributed by atoms with Gasteiger partial charge in [0.15, 0.2) is 0 Å². The lowest BCUT2D eigenvalue weighted by atomic mass is 10.0. The van der Waals surface area contributed by atoms with E-state index in [2.05, 4.69) is 26.3 Å². The second-order valence-electron chi connectivity index (χ2n) is 6.98. The van der Waals surface area contributed by atoms with Gasteiger partial charge in [0.1, 0.15) is 11.5 Å². The second kappa shape index (κ2) is 7.31. The number of para-hydroxylation sites is 2. The van der Waals surface area contributed by atoms with E-state index in [4.69, 9.17) is 0 Å². The van der Waals surface area contributed by atoms with Crippen molar-refractivity contribution in [3.8, 4) is 0 Å². The highest BCUT2D eigenvalue weighted by atomic mass is 16.2. The second-order valence-corrected chi connectivity index (χ2v) is 6.98. The predicted molar refractivity (Wildman–Crippen MR) is 113 cm³/mol. The van der Waals surface area contributed by atoms with Crippen LogP contribution in [0.2, 0.25) is 0 Å². The number of anilines is 3. The van der Waals surface area contributed by atoms with E-state index >= 15 is 0 Å². The summed E-state index contributed by atoms with van der Waals surface area (Å²) >= 11 is 0. The molecule has 2 aromatic heterocycles. The normalized spacial score (nSPS) is 13.2. The Morgan fingerprint density at radius 2 is 1.83 bits per heavy atom. The fourth-order valence-electron chi connectivity index (χ4n) is 3.73. The third-order valence-corrected chi connectivity index (χ3v) is 5.12. The zero-order valence-corrected chi connectivity index (χ0v) is 15.7. The van der Waals surface area contributed by atoms with E-state index in [1.54, 1.807) is 17.3 Å². The van der Waals surface area contributed by atoms with Gasteiger partial charge in [0.2, 0.25) is 0 Å². The number of carbonyl (C=O) groups excluding carboxylic acids is 1. The summed E-state index contributed by atoms with van der Waals surface area (Å²) < 4.78 is 0. The first-order valence-electron chi connectivity index (χ1n) is 9.62. The molecule has 2 aromatic carbocycles. The molecule has 6 nitrogen and oxygen atoms in total. The van der Waals surface area contributed by atoms with Crippen LogP contribution in [0.5, 0.6) is 0 Å². The van der Waals surface area contributed by atoms with Gasteiger partial charge < -0.3 is 10.2 Å². The van der Waals surface area contributed by atoms with Crippen molar-refractivity contribution >= 4 is 34.0 Å². The molecule has 0 bridgehead atoms.